The fourth-order valence-electron chi connectivity index (χ4n) is 0.957. The molecule has 0 aliphatic rings. The molecule has 0 saturated heterocycles. The Kier molecular flexibility index (Phi) is 23.2. The Morgan fingerprint density at radius 3 is 0.913 bits per heavy atom. The van der Waals surface area contributed by atoms with Crippen LogP contribution in [0.15, 0.2) is 0 Å². The molecule has 13 heteroatoms. The van der Waals surface area contributed by atoms with Gasteiger partial charge in [0.25, 0.3) is 0 Å². The molecule has 0 aliphatic heterocycles. The van der Waals surface area contributed by atoms with Crippen molar-refractivity contribution in [3.8, 4) is 0 Å². The minimum Gasteiger partial charge on any atom is -0.333 e. The van der Waals surface area contributed by atoms with E-state index in [-0.39, 0.29) is 88.7 Å². The van der Waals surface area contributed by atoms with Crippen molar-refractivity contribution in [1.29, 1.82) is 0 Å². The predicted molar refractivity (Wildman–Crippen MR) is 72.0 cm³/mol. The quantitative estimate of drug-likeness (QED) is 0.381. The molecule has 0 fully saturated rings. The summed E-state index contributed by atoms with van der Waals surface area (Å²) in [6, 6.07) is 0. The van der Waals surface area contributed by atoms with E-state index in [1.54, 1.807) is 0 Å². The fourth-order valence-corrected chi connectivity index (χ4v) is 0.957. The molecule has 0 N–H and O–H groups in total. The van der Waals surface area contributed by atoms with Crippen LogP contribution in [0.5, 0.6) is 0 Å². The van der Waals surface area contributed by atoms with Gasteiger partial charge in [0, 0.05) is 114 Å². The maximum atomic E-state index is 10.8. The van der Waals surface area contributed by atoms with Crippen LogP contribution in [0.1, 0.15) is 27.7 Å². The summed E-state index contributed by atoms with van der Waals surface area (Å²) < 4.78 is 0. The first-order valence-electron chi connectivity index (χ1n) is 5.50. The average Bonchev–Trinajstić information content (AvgIpc) is 2.22. The van der Waals surface area contributed by atoms with E-state index >= 15 is 0 Å². The van der Waals surface area contributed by atoms with Crippen LogP contribution in [-0.4, -0.2) is 107 Å². The van der Waals surface area contributed by atoms with Gasteiger partial charge in [-0.05, 0) is 0 Å². The monoisotopic (exact) mass is 396 g/mol. The Bertz CT molecular complexity index is 331. The molecule has 0 heterocycles. The van der Waals surface area contributed by atoms with E-state index < -0.39 is 23.9 Å². The molecule has 0 rings (SSSR count). The van der Waals surface area contributed by atoms with Gasteiger partial charge in [-0.15, -0.1) is 0 Å². The third-order valence-corrected chi connectivity index (χ3v) is 1.39. The van der Waals surface area contributed by atoms with Crippen LogP contribution in [0.25, 0.3) is 0 Å². The second-order valence-electron chi connectivity index (χ2n) is 3.44. The Balaban J connectivity index is -0.000000602. The second kappa shape index (κ2) is 17.1. The van der Waals surface area contributed by atoms with E-state index in [1.165, 1.54) is 0 Å². The van der Waals surface area contributed by atoms with Crippen LogP contribution in [0, 0.1) is 0 Å². The SMILES string of the molecule is CC(=O)ON(CCN(OC(C)=O)OC(C)=O)OC(C)=O.[Na].[Na].[Ni]. The number of rotatable bonds is 7. The first kappa shape index (κ1) is 31.1. The molecule has 0 amide bonds. The van der Waals surface area contributed by atoms with E-state index in [2.05, 4.69) is 19.4 Å². The van der Waals surface area contributed by atoms with Crippen LogP contribution < -0.4 is 0 Å². The van der Waals surface area contributed by atoms with Crippen LogP contribution in [0.3, 0.4) is 0 Å². The molecule has 0 spiro atoms. The first-order valence-corrected chi connectivity index (χ1v) is 5.50. The maximum Gasteiger partial charge on any atom is 0.326 e. The Morgan fingerprint density at radius 2 is 0.783 bits per heavy atom. The van der Waals surface area contributed by atoms with E-state index in [9.17, 15) is 19.2 Å². The number of hydrogen-bond donors (Lipinski definition) is 0. The van der Waals surface area contributed by atoms with Gasteiger partial charge in [-0.3, -0.25) is 19.2 Å². The molecule has 0 aromatic carbocycles. The van der Waals surface area contributed by atoms with Crippen molar-refractivity contribution in [2.75, 3.05) is 13.1 Å². The second-order valence-corrected chi connectivity index (χ2v) is 3.44. The van der Waals surface area contributed by atoms with Gasteiger partial charge in [0.15, 0.2) is 0 Å². The number of hydroxylamine groups is 4. The largest absolute Gasteiger partial charge is 0.333 e. The first-order chi connectivity index (χ1) is 9.20. The van der Waals surface area contributed by atoms with Crippen molar-refractivity contribution in [1.82, 2.24) is 10.5 Å². The smallest absolute Gasteiger partial charge is 0.326 e. The zero-order valence-electron chi connectivity index (χ0n) is 13.9. The van der Waals surface area contributed by atoms with E-state index in [0.29, 0.717) is 10.5 Å². The summed E-state index contributed by atoms with van der Waals surface area (Å²) in [7, 11) is 0. The Labute approximate surface area is 187 Å². The van der Waals surface area contributed by atoms with E-state index in [4.69, 9.17) is 0 Å². The van der Waals surface area contributed by atoms with Crippen LogP contribution in [0.2, 0.25) is 0 Å². The standard InChI is InChI=1S/C10H16N2O8.2Na.Ni/c1-7(13)17-11(18-8(2)14)5-6-12(19-9(3)15)20-10(4)16;;;/h5-6H2,1-4H3;;;. The summed E-state index contributed by atoms with van der Waals surface area (Å²) in [5, 5.41) is 1.15. The predicted octanol–water partition coefficient (Wildman–Crippen LogP) is -1.26. The Hall–Kier alpha value is 0.294. The molecule has 0 aromatic rings. The Morgan fingerprint density at radius 1 is 0.609 bits per heavy atom. The molecule has 0 saturated carbocycles. The zero-order valence-corrected chi connectivity index (χ0v) is 18.9. The molecule has 23 heavy (non-hydrogen) atoms. The number of carbonyl (C=O) groups is 4. The van der Waals surface area contributed by atoms with Gasteiger partial charge in [-0.25, -0.2) is 0 Å². The number of hydrogen-bond acceptors (Lipinski definition) is 10. The zero-order chi connectivity index (χ0) is 15.7. The summed E-state index contributed by atoms with van der Waals surface area (Å²) in [6.45, 7) is 3.97. The summed E-state index contributed by atoms with van der Waals surface area (Å²) in [6.07, 6.45) is 0. The van der Waals surface area contributed by atoms with Gasteiger partial charge in [-0.2, -0.15) is 0 Å². The van der Waals surface area contributed by atoms with Crippen molar-refractivity contribution in [2.24, 2.45) is 0 Å². The minimum absolute atomic E-state index is 0. The van der Waals surface area contributed by atoms with Crippen LogP contribution >= 0.6 is 0 Å². The van der Waals surface area contributed by atoms with Gasteiger partial charge in [0.05, 0.1) is 13.1 Å². The van der Waals surface area contributed by atoms with Crippen molar-refractivity contribution in [2.45, 2.75) is 27.7 Å². The van der Waals surface area contributed by atoms with E-state index in [0.717, 1.165) is 27.7 Å². The third kappa shape index (κ3) is 20.2. The third-order valence-electron chi connectivity index (χ3n) is 1.39. The summed E-state index contributed by atoms with van der Waals surface area (Å²) >= 11 is 0. The average molecular weight is 397 g/mol. The molecular weight excluding hydrogens is 381 g/mol. The summed E-state index contributed by atoms with van der Waals surface area (Å²) in [5.74, 6) is -2.90. The molecule has 0 aromatic heterocycles. The van der Waals surface area contributed by atoms with Gasteiger partial charge >= 0.3 is 23.9 Å². The number of nitrogens with zero attached hydrogens (tertiary/aromatic N) is 2. The minimum atomic E-state index is -0.724. The fraction of sp³-hybridized carbons (Fsp3) is 0.600. The van der Waals surface area contributed by atoms with Crippen molar-refractivity contribution < 1.29 is 55.0 Å². The molecule has 0 aliphatic carbocycles. The summed E-state index contributed by atoms with van der Waals surface area (Å²) in [5.41, 5.74) is 0. The molecule has 2 radical (unpaired) electrons. The van der Waals surface area contributed by atoms with Crippen molar-refractivity contribution in [3.63, 3.8) is 0 Å². The van der Waals surface area contributed by atoms with Gasteiger partial charge in [0.2, 0.25) is 0 Å². The molecule has 0 unspecified atom stereocenters. The van der Waals surface area contributed by atoms with Crippen LogP contribution in [0.4, 0.5) is 0 Å². The molecule has 126 valence electrons. The van der Waals surface area contributed by atoms with Crippen molar-refractivity contribution in [3.05, 3.63) is 0 Å². The maximum absolute atomic E-state index is 10.8. The topological polar surface area (TPSA) is 112 Å². The molecule has 0 atom stereocenters. The molecule has 10 nitrogen and oxygen atoms in total. The normalized spacial score (nSPS) is 8.78. The summed E-state index contributed by atoms with van der Waals surface area (Å²) in [4.78, 5) is 61.4. The molecular formula is C10H16N2Na2NiO8. The number of carbonyl (C=O) groups excluding carboxylic acids is 4. The van der Waals surface area contributed by atoms with Gasteiger partial charge in [-0.1, -0.05) is 0 Å². The molecule has 0 bridgehead atoms. The van der Waals surface area contributed by atoms with Crippen molar-refractivity contribution >= 4 is 83.0 Å². The van der Waals surface area contributed by atoms with E-state index in [1.807, 2.05) is 0 Å². The van der Waals surface area contributed by atoms with Gasteiger partial charge in [0.1, 0.15) is 0 Å². The van der Waals surface area contributed by atoms with Crippen LogP contribution in [-0.2, 0) is 55.0 Å². The van der Waals surface area contributed by atoms with Gasteiger partial charge < -0.3 is 19.4 Å².